The fourth-order valence-electron chi connectivity index (χ4n) is 2.89. The molecule has 0 bridgehead atoms. The minimum absolute atomic E-state index is 0.285. The van der Waals surface area contributed by atoms with Crippen molar-refractivity contribution in [2.45, 2.75) is 39.8 Å². The summed E-state index contributed by atoms with van der Waals surface area (Å²) < 4.78 is 10.6. The van der Waals surface area contributed by atoms with Crippen LogP contribution in [0.15, 0.2) is 48.5 Å². The summed E-state index contributed by atoms with van der Waals surface area (Å²) in [7, 11) is 11.5. The standard InChI is InChI=1S/2C14H22N2O2/c2*1-6-16(5)14(17)18-13-9-7-8-12(10-13)11(2)15(3)4/h2*7-11H,6H2,1-5H3/t2*11-/m00/s1. The van der Waals surface area contributed by atoms with Gasteiger partial charge in [0.15, 0.2) is 0 Å². The van der Waals surface area contributed by atoms with E-state index in [0.717, 1.165) is 11.1 Å². The van der Waals surface area contributed by atoms with Gasteiger partial charge in [-0.1, -0.05) is 24.3 Å². The van der Waals surface area contributed by atoms with Gasteiger partial charge >= 0.3 is 12.2 Å². The molecule has 0 radical (unpaired) electrons. The zero-order chi connectivity index (χ0) is 27.4. The zero-order valence-electron chi connectivity index (χ0n) is 23.6. The van der Waals surface area contributed by atoms with Crippen LogP contribution < -0.4 is 9.47 Å². The molecule has 2 aromatic carbocycles. The second-order valence-electron chi connectivity index (χ2n) is 9.19. The highest BCUT2D eigenvalue weighted by Crippen LogP contribution is 2.23. The van der Waals surface area contributed by atoms with E-state index in [4.69, 9.17) is 9.47 Å². The summed E-state index contributed by atoms with van der Waals surface area (Å²) in [6, 6.07) is 15.9. The van der Waals surface area contributed by atoms with Gasteiger partial charge in [-0.2, -0.15) is 0 Å². The molecule has 2 atom stereocenters. The van der Waals surface area contributed by atoms with E-state index in [2.05, 4.69) is 23.6 Å². The summed E-state index contributed by atoms with van der Waals surface area (Å²) in [5.41, 5.74) is 2.26. The molecular weight excluding hydrogens is 456 g/mol. The molecule has 0 saturated heterocycles. The third kappa shape index (κ3) is 9.87. The van der Waals surface area contributed by atoms with Gasteiger partial charge < -0.3 is 29.1 Å². The average molecular weight is 501 g/mol. The molecule has 0 saturated carbocycles. The third-order valence-corrected chi connectivity index (χ3v) is 6.21. The van der Waals surface area contributed by atoms with Crippen molar-refractivity contribution < 1.29 is 19.1 Å². The summed E-state index contributed by atoms with van der Waals surface area (Å²) in [4.78, 5) is 30.6. The summed E-state index contributed by atoms with van der Waals surface area (Å²) in [6.07, 6.45) is -0.653. The van der Waals surface area contributed by atoms with Crippen LogP contribution >= 0.6 is 0 Å². The predicted molar refractivity (Wildman–Crippen MR) is 146 cm³/mol. The lowest BCUT2D eigenvalue weighted by Gasteiger charge is -2.21. The first-order valence-corrected chi connectivity index (χ1v) is 12.3. The van der Waals surface area contributed by atoms with E-state index in [-0.39, 0.29) is 24.3 Å². The van der Waals surface area contributed by atoms with E-state index < -0.39 is 0 Å². The van der Waals surface area contributed by atoms with Gasteiger partial charge in [-0.25, -0.2) is 9.59 Å². The topological polar surface area (TPSA) is 65.6 Å². The number of hydrogen-bond acceptors (Lipinski definition) is 6. The van der Waals surface area contributed by atoms with Gasteiger partial charge in [0.25, 0.3) is 0 Å². The van der Waals surface area contributed by atoms with Gasteiger partial charge in [0.05, 0.1) is 0 Å². The molecule has 0 heterocycles. The van der Waals surface area contributed by atoms with Gasteiger partial charge in [-0.05, 0) is 91.3 Å². The molecule has 0 aliphatic rings. The molecule has 0 aromatic heterocycles. The van der Waals surface area contributed by atoms with Crippen LogP contribution in [0.3, 0.4) is 0 Å². The zero-order valence-corrected chi connectivity index (χ0v) is 23.6. The molecule has 8 nitrogen and oxygen atoms in total. The normalized spacial score (nSPS) is 12.3. The summed E-state index contributed by atoms with van der Waals surface area (Å²) >= 11 is 0. The highest BCUT2D eigenvalue weighted by molar-refractivity contribution is 5.70. The quantitative estimate of drug-likeness (QED) is 0.476. The van der Waals surface area contributed by atoms with E-state index in [1.54, 1.807) is 26.2 Å². The molecular formula is C28H44N4O4. The average Bonchev–Trinajstić information content (AvgIpc) is 2.87. The van der Waals surface area contributed by atoms with Gasteiger partial charge in [-0.15, -0.1) is 0 Å². The van der Waals surface area contributed by atoms with Crippen molar-refractivity contribution in [3.63, 3.8) is 0 Å². The van der Waals surface area contributed by atoms with E-state index in [1.165, 1.54) is 9.80 Å². The number of hydrogen-bond donors (Lipinski definition) is 0. The second kappa shape index (κ2) is 15.1. The molecule has 2 rings (SSSR count). The van der Waals surface area contributed by atoms with Gasteiger partial charge in [0, 0.05) is 39.3 Å². The lowest BCUT2D eigenvalue weighted by Crippen LogP contribution is -2.29. The second-order valence-corrected chi connectivity index (χ2v) is 9.19. The van der Waals surface area contributed by atoms with Gasteiger partial charge in [-0.3, -0.25) is 0 Å². The minimum atomic E-state index is -0.327. The van der Waals surface area contributed by atoms with Gasteiger partial charge in [0.2, 0.25) is 0 Å². The first kappa shape index (κ1) is 30.9. The van der Waals surface area contributed by atoms with Crippen molar-refractivity contribution >= 4 is 12.2 Å². The van der Waals surface area contributed by atoms with Crippen LogP contribution in [0.4, 0.5) is 9.59 Å². The molecule has 200 valence electrons. The largest absolute Gasteiger partial charge is 0.414 e. The number of amides is 2. The van der Waals surface area contributed by atoms with E-state index in [0.29, 0.717) is 24.6 Å². The Labute approximate surface area is 217 Å². The minimum Gasteiger partial charge on any atom is -0.410 e. The van der Waals surface area contributed by atoms with Crippen molar-refractivity contribution in [2.24, 2.45) is 0 Å². The van der Waals surface area contributed by atoms with E-state index >= 15 is 0 Å². The Balaban J connectivity index is 0.000000360. The Bertz CT molecular complexity index is 887. The fourth-order valence-corrected chi connectivity index (χ4v) is 2.89. The summed E-state index contributed by atoms with van der Waals surface area (Å²) in [6.45, 7) is 9.30. The monoisotopic (exact) mass is 500 g/mol. The molecule has 0 fully saturated rings. The lowest BCUT2D eigenvalue weighted by atomic mass is 10.1. The molecule has 0 spiro atoms. The smallest absolute Gasteiger partial charge is 0.410 e. The molecule has 8 heteroatoms. The van der Waals surface area contributed by atoms with Crippen LogP contribution in [0.25, 0.3) is 0 Å². The maximum atomic E-state index is 11.7. The number of ether oxygens (including phenoxy) is 2. The molecule has 0 N–H and O–H groups in total. The maximum absolute atomic E-state index is 11.7. The van der Waals surface area contributed by atoms with Crippen molar-refractivity contribution in [1.82, 2.24) is 19.6 Å². The molecule has 0 aliphatic carbocycles. The Morgan fingerprint density at radius 1 is 0.667 bits per heavy atom. The van der Waals surface area contributed by atoms with Crippen LogP contribution in [0.1, 0.15) is 50.9 Å². The molecule has 2 amide bonds. The lowest BCUT2D eigenvalue weighted by molar-refractivity contribution is 0.164. The molecule has 0 aliphatic heterocycles. The first-order chi connectivity index (χ1) is 16.9. The third-order valence-electron chi connectivity index (χ3n) is 6.21. The first-order valence-electron chi connectivity index (χ1n) is 12.3. The van der Waals surface area contributed by atoms with Crippen LogP contribution in [0, 0.1) is 0 Å². The Morgan fingerprint density at radius 2 is 1.00 bits per heavy atom. The number of benzene rings is 2. The fraction of sp³-hybridized carbons (Fsp3) is 0.500. The molecule has 0 unspecified atom stereocenters. The van der Waals surface area contributed by atoms with Crippen molar-refractivity contribution in [2.75, 3.05) is 55.4 Å². The van der Waals surface area contributed by atoms with Crippen molar-refractivity contribution in [3.8, 4) is 11.5 Å². The van der Waals surface area contributed by atoms with Gasteiger partial charge in [0.1, 0.15) is 11.5 Å². The number of nitrogens with zero attached hydrogens (tertiary/aromatic N) is 4. The Hall–Kier alpha value is -3.10. The maximum Gasteiger partial charge on any atom is 0.414 e. The SMILES string of the molecule is CCN(C)C(=O)Oc1cccc([C@H](C)N(C)C)c1.CCN(C)C(=O)Oc1cccc([C@H](C)N(C)C)c1. The number of rotatable bonds is 8. The number of carbonyl (C=O) groups excluding carboxylic acids is 2. The highest BCUT2D eigenvalue weighted by atomic mass is 16.6. The van der Waals surface area contributed by atoms with Crippen LogP contribution in [-0.2, 0) is 0 Å². The highest BCUT2D eigenvalue weighted by Gasteiger charge is 2.13. The Kier molecular flexibility index (Phi) is 13.0. The van der Waals surface area contributed by atoms with Crippen molar-refractivity contribution in [3.05, 3.63) is 59.7 Å². The molecule has 2 aromatic rings. The van der Waals surface area contributed by atoms with Crippen LogP contribution in [-0.4, -0.2) is 87.2 Å². The van der Waals surface area contributed by atoms with Crippen LogP contribution in [0.2, 0.25) is 0 Å². The number of carbonyl (C=O) groups is 2. The summed E-state index contributed by atoms with van der Waals surface area (Å²) in [5.74, 6) is 1.18. The Morgan fingerprint density at radius 3 is 1.28 bits per heavy atom. The van der Waals surface area contributed by atoms with Crippen molar-refractivity contribution in [1.29, 1.82) is 0 Å². The van der Waals surface area contributed by atoms with E-state index in [1.807, 2.05) is 78.4 Å². The molecule has 36 heavy (non-hydrogen) atoms. The predicted octanol–water partition coefficient (Wildman–Crippen LogP) is 5.52. The van der Waals surface area contributed by atoms with Crippen LogP contribution in [0.5, 0.6) is 11.5 Å². The summed E-state index contributed by atoms with van der Waals surface area (Å²) in [5, 5.41) is 0. The van der Waals surface area contributed by atoms with E-state index in [9.17, 15) is 9.59 Å².